The molecular weight excluding hydrogens is 254 g/mol. The number of amides is 2. The molecule has 0 spiro atoms. The van der Waals surface area contributed by atoms with Gasteiger partial charge in [-0.3, -0.25) is 19.3 Å². The standard InChI is InChI=1S/C16H13NO3/c18-14(11-6-2-1-3-7-11)10-17-15(19)12-8-4-5-9-13(12)16(17)20/h2,4-9H,1,3,10H2. The molecule has 20 heavy (non-hydrogen) atoms. The molecule has 1 aromatic carbocycles. The Morgan fingerprint density at radius 3 is 2.25 bits per heavy atom. The molecule has 1 aromatic rings. The van der Waals surface area contributed by atoms with Gasteiger partial charge < -0.3 is 0 Å². The van der Waals surface area contributed by atoms with Crippen molar-refractivity contribution in [2.24, 2.45) is 0 Å². The molecule has 0 radical (unpaired) electrons. The number of Topliss-reactive ketones (excluding diaryl/α,β-unsaturated/α-hetero) is 1. The Balaban J connectivity index is 1.82. The van der Waals surface area contributed by atoms with Crippen LogP contribution < -0.4 is 0 Å². The largest absolute Gasteiger partial charge is 0.292 e. The van der Waals surface area contributed by atoms with Gasteiger partial charge in [-0.25, -0.2) is 0 Å². The van der Waals surface area contributed by atoms with E-state index in [1.54, 1.807) is 30.3 Å². The zero-order valence-electron chi connectivity index (χ0n) is 10.8. The Morgan fingerprint density at radius 2 is 1.70 bits per heavy atom. The van der Waals surface area contributed by atoms with Crippen LogP contribution in [0.25, 0.3) is 0 Å². The fourth-order valence-corrected chi connectivity index (χ4v) is 2.44. The summed E-state index contributed by atoms with van der Waals surface area (Å²) in [6.07, 6.45) is 7.27. The van der Waals surface area contributed by atoms with E-state index in [2.05, 4.69) is 0 Å². The Kier molecular flexibility index (Phi) is 3.06. The average molecular weight is 267 g/mol. The summed E-state index contributed by atoms with van der Waals surface area (Å²) in [5.74, 6) is -0.978. The molecule has 1 aliphatic heterocycles. The number of nitrogens with zero attached hydrogens (tertiary/aromatic N) is 1. The third kappa shape index (κ3) is 1.99. The van der Waals surface area contributed by atoms with Crippen LogP contribution in [0.2, 0.25) is 0 Å². The first-order valence-electron chi connectivity index (χ1n) is 6.53. The van der Waals surface area contributed by atoms with Gasteiger partial charge in [-0.2, -0.15) is 0 Å². The van der Waals surface area contributed by atoms with Gasteiger partial charge in [0.15, 0.2) is 5.78 Å². The minimum absolute atomic E-state index is 0.192. The average Bonchev–Trinajstić information content (AvgIpc) is 2.74. The first kappa shape index (κ1) is 12.5. The van der Waals surface area contributed by atoms with E-state index >= 15 is 0 Å². The maximum atomic E-state index is 12.1. The van der Waals surface area contributed by atoms with Crippen LogP contribution in [0.1, 0.15) is 33.6 Å². The van der Waals surface area contributed by atoms with Crippen LogP contribution in [0.5, 0.6) is 0 Å². The fraction of sp³-hybridized carbons (Fsp3) is 0.188. The summed E-state index contributed by atoms with van der Waals surface area (Å²) in [7, 11) is 0. The van der Waals surface area contributed by atoms with Crippen molar-refractivity contribution < 1.29 is 14.4 Å². The molecule has 1 heterocycles. The molecule has 1 aliphatic carbocycles. The van der Waals surface area contributed by atoms with Crippen LogP contribution in [0.15, 0.2) is 48.1 Å². The van der Waals surface area contributed by atoms with Gasteiger partial charge in [0.2, 0.25) is 0 Å². The van der Waals surface area contributed by atoms with Crippen molar-refractivity contribution in [2.75, 3.05) is 6.54 Å². The highest BCUT2D eigenvalue weighted by molar-refractivity contribution is 6.23. The maximum Gasteiger partial charge on any atom is 0.261 e. The topological polar surface area (TPSA) is 54.5 Å². The Morgan fingerprint density at radius 1 is 1.05 bits per heavy atom. The minimum atomic E-state index is -0.390. The highest BCUT2D eigenvalue weighted by Gasteiger charge is 2.36. The van der Waals surface area contributed by atoms with E-state index in [4.69, 9.17) is 0 Å². The van der Waals surface area contributed by atoms with E-state index in [9.17, 15) is 14.4 Å². The fourth-order valence-electron chi connectivity index (χ4n) is 2.44. The lowest BCUT2D eigenvalue weighted by atomic mass is 10.0. The van der Waals surface area contributed by atoms with Crippen molar-refractivity contribution in [1.29, 1.82) is 0 Å². The number of hydrogen-bond acceptors (Lipinski definition) is 3. The normalized spacial score (nSPS) is 17.2. The first-order chi connectivity index (χ1) is 9.68. The number of imide groups is 1. The Hall–Kier alpha value is -2.49. The molecule has 0 saturated carbocycles. The summed E-state index contributed by atoms with van der Waals surface area (Å²) in [6, 6.07) is 6.64. The molecule has 4 heteroatoms. The predicted octanol–water partition coefficient (Wildman–Crippen LogP) is 2.13. The van der Waals surface area contributed by atoms with E-state index < -0.39 is 0 Å². The Bertz CT molecular complexity index is 635. The molecule has 0 fully saturated rings. The van der Waals surface area contributed by atoms with E-state index in [0.29, 0.717) is 16.7 Å². The lowest BCUT2D eigenvalue weighted by molar-refractivity contribution is -0.115. The third-order valence-corrected chi connectivity index (χ3v) is 3.50. The zero-order valence-corrected chi connectivity index (χ0v) is 10.8. The van der Waals surface area contributed by atoms with Gasteiger partial charge in [-0.1, -0.05) is 30.4 Å². The third-order valence-electron chi connectivity index (χ3n) is 3.50. The highest BCUT2D eigenvalue weighted by atomic mass is 16.2. The van der Waals surface area contributed by atoms with Crippen molar-refractivity contribution in [1.82, 2.24) is 4.90 Å². The van der Waals surface area contributed by atoms with Crippen molar-refractivity contribution in [3.8, 4) is 0 Å². The second-order valence-electron chi connectivity index (χ2n) is 4.80. The van der Waals surface area contributed by atoms with E-state index in [1.807, 2.05) is 12.2 Å². The second-order valence-corrected chi connectivity index (χ2v) is 4.80. The number of allylic oxidation sites excluding steroid dienone is 3. The molecule has 100 valence electrons. The summed E-state index contributed by atoms with van der Waals surface area (Å²) in [4.78, 5) is 37.4. The summed E-state index contributed by atoms with van der Waals surface area (Å²) in [5.41, 5.74) is 1.32. The van der Waals surface area contributed by atoms with E-state index in [-0.39, 0.29) is 24.1 Å². The number of rotatable bonds is 3. The zero-order chi connectivity index (χ0) is 14.1. The molecule has 0 aromatic heterocycles. The summed E-state index contributed by atoms with van der Waals surface area (Å²) in [6.45, 7) is -0.192. The van der Waals surface area contributed by atoms with Crippen molar-refractivity contribution in [2.45, 2.75) is 12.8 Å². The molecule has 0 atom stereocenters. The van der Waals surface area contributed by atoms with Crippen LogP contribution >= 0.6 is 0 Å². The van der Waals surface area contributed by atoms with Crippen molar-refractivity contribution in [3.63, 3.8) is 0 Å². The SMILES string of the molecule is O=C(CN1C(=O)c2ccccc2C1=O)C1=CCCC=C1. The monoisotopic (exact) mass is 267 g/mol. The predicted molar refractivity (Wildman–Crippen MR) is 73.3 cm³/mol. The van der Waals surface area contributed by atoms with Crippen LogP contribution in [0.4, 0.5) is 0 Å². The van der Waals surface area contributed by atoms with Crippen LogP contribution in [0.3, 0.4) is 0 Å². The molecule has 2 aliphatic rings. The lowest BCUT2D eigenvalue weighted by Crippen LogP contribution is -2.35. The number of fused-ring (bicyclic) bond motifs is 1. The van der Waals surface area contributed by atoms with Crippen LogP contribution in [-0.2, 0) is 4.79 Å². The summed E-state index contributed by atoms with van der Waals surface area (Å²) >= 11 is 0. The van der Waals surface area contributed by atoms with E-state index in [1.165, 1.54) is 0 Å². The minimum Gasteiger partial charge on any atom is -0.292 e. The molecule has 3 rings (SSSR count). The van der Waals surface area contributed by atoms with Gasteiger partial charge in [0, 0.05) is 5.57 Å². The van der Waals surface area contributed by atoms with Gasteiger partial charge in [0.1, 0.15) is 0 Å². The van der Waals surface area contributed by atoms with Gasteiger partial charge in [0.25, 0.3) is 11.8 Å². The van der Waals surface area contributed by atoms with Crippen LogP contribution in [0, 0.1) is 0 Å². The second kappa shape index (κ2) is 4.89. The number of ketones is 1. The molecule has 4 nitrogen and oxygen atoms in total. The number of carbonyl (C=O) groups is 3. The molecule has 0 N–H and O–H groups in total. The number of benzene rings is 1. The van der Waals surface area contributed by atoms with E-state index in [0.717, 1.165) is 17.7 Å². The summed E-state index contributed by atoms with van der Waals surface area (Å²) < 4.78 is 0. The smallest absolute Gasteiger partial charge is 0.261 e. The first-order valence-corrected chi connectivity index (χ1v) is 6.53. The number of carbonyl (C=O) groups excluding carboxylic acids is 3. The van der Waals surface area contributed by atoms with Crippen molar-refractivity contribution in [3.05, 3.63) is 59.2 Å². The quantitative estimate of drug-likeness (QED) is 0.788. The highest BCUT2D eigenvalue weighted by Crippen LogP contribution is 2.23. The molecule has 2 amide bonds. The summed E-state index contributed by atoms with van der Waals surface area (Å²) in [5, 5.41) is 0. The van der Waals surface area contributed by atoms with Crippen LogP contribution in [-0.4, -0.2) is 29.0 Å². The van der Waals surface area contributed by atoms with Gasteiger partial charge in [-0.05, 0) is 25.0 Å². The molecule has 0 unspecified atom stereocenters. The molecule has 0 bridgehead atoms. The Labute approximate surface area is 116 Å². The van der Waals surface area contributed by atoms with Gasteiger partial charge in [-0.15, -0.1) is 0 Å². The molecule has 0 saturated heterocycles. The maximum absolute atomic E-state index is 12.1. The molecular formula is C16H13NO3. The lowest BCUT2D eigenvalue weighted by Gasteiger charge is -2.14. The van der Waals surface area contributed by atoms with Crippen molar-refractivity contribution >= 4 is 17.6 Å². The van der Waals surface area contributed by atoms with Gasteiger partial charge in [0.05, 0.1) is 17.7 Å². The van der Waals surface area contributed by atoms with Gasteiger partial charge >= 0.3 is 0 Å². The number of hydrogen-bond donors (Lipinski definition) is 0.